The van der Waals surface area contributed by atoms with Crippen molar-refractivity contribution in [2.75, 3.05) is 6.54 Å². The summed E-state index contributed by atoms with van der Waals surface area (Å²) in [6, 6.07) is 5.72. The molecule has 3 rings (SSSR count). The van der Waals surface area contributed by atoms with Crippen LogP contribution in [0.5, 0.6) is 0 Å². The van der Waals surface area contributed by atoms with E-state index in [1.807, 2.05) is 0 Å². The quantitative estimate of drug-likeness (QED) is 0.597. The van der Waals surface area contributed by atoms with Gasteiger partial charge in [0.25, 0.3) is 11.6 Å². The van der Waals surface area contributed by atoms with E-state index in [1.54, 1.807) is 26.8 Å². The summed E-state index contributed by atoms with van der Waals surface area (Å²) >= 11 is 0. The zero-order chi connectivity index (χ0) is 19.1. The predicted molar refractivity (Wildman–Crippen MR) is 89.6 cm³/mol. The van der Waals surface area contributed by atoms with Crippen LogP contribution in [0.4, 0.5) is 10.5 Å². The van der Waals surface area contributed by atoms with Crippen LogP contribution in [0.1, 0.15) is 36.9 Å². The summed E-state index contributed by atoms with van der Waals surface area (Å²) < 4.78 is 10.5. The summed E-state index contributed by atoms with van der Waals surface area (Å²) in [7, 11) is 0. The highest BCUT2D eigenvalue weighted by Crippen LogP contribution is 2.32. The van der Waals surface area contributed by atoms with E-state index in [-0.39, 0.29) is 23.5 Å². The first-order valence-corrected chi connectivity index (χ1v) is 7.95. The Bertz CT molecular complexity index is 896. The third kappa shape index (κ3) is 3.28. The lowest BCUT2D eigenvalue weighted by molar-refractivity contribution is -0.384. The molecule has 0 aliphatic carbocycles. The van der Waals surface area contributed by atoms with Crippen molar-refractivity contribution in [3.8, 4) is 11.3 Å². The van der Waals surface area contributed by atoms with E-state index in [2.05, 4.69) is 5.16 Å². The van der Waals surface area contributed by atoms with Gasteiger partial charge in [-0.15, -0.1) is 0 Å². The number of nitro groups is 1. The summed E-state index contributed by atoms with van der Waals surface area (Å²) in [6.45, 7) is 5.24. The average molecular weight is 359 g/mol. The van der Waals surface area contributed by atoms with E-state index >= 15 is 0 Å². The zero-order valence-corrected chi connectivity index (χ0v) is 14.5. The third-order valence-electron chi connectivity index (χ3n) is 3.73. The highest BCUT2D eigenvalue weighted by molar-refractivity contribution is 6.08. The van der Waals surface area contributed by atoms with Gasteiger partial charge in [0.05, 0.1) is 4.92 Å². The molecule has 1 aliphatic rings. The third-order valence-corrected chi connectivity index (χ3v) is 3.73. The van der Waals surface area contributed by atoms with Gasteiger partial charge in [-0.2, -0.15) is 0 Å². The van der Waals surface area contributed by atoms with E-state index in [1.165, 1.54) is 18.2 Å². The van der Waals surface area contributed by atoms with Gasteiger partial charge < -0.3 is 9.26 Å². The van der Waals surface area contributed by atoms with Crippen LogP contribution in [0, 0.1) is 10.1 Å². The monoisotopic (exact) mass is 359 g/mol. The number of carbonyl (C=O) groups is 2. The van der Waals surface area contributed by atoms with Gasteiger partial charge in [-0.3, -0.25) is 14.9 Å². The minimum atomic E-state index is -0.751. The lowest BCUT2D eigenvalue weighted by Gasteiger charge is -2.28. The van der Waals surface area contributed by atoms with Crippen molar-refractivity contribution in [1.29, 1.82) is 0 Å². The molecule has 9 nitrogen and oxygen atoms in total. The summed E-state index contributed by atoms with van der Waals surface area (Å²) in [5.74, 6) is -0.250. The van der Waals surface area contributed by atoms with E-state index in [0.717, 1.165) is 4.90 Å². The predicted octanol–water partition coefficient (Wildman–Crippen LogP) is 3.18. The maximum absolute atomic E-state index is 12.8. The molecule has 0 saturated heterocycles. The average Bonchev–Trinajstić information content (AvgIpc) is 2.98. The molecule has 0 unspecified atom stereocenters. The second-order valence-corrected chi connectivity index (χ2v) is 6.82. The maximum Gasteiger partial charge on any atom is 0.417 e. The number of non-ortho nitro benzene ring substituents is 1. The van der Waals surface area contributed by atoms with Crippen LogP contribution in [0.25, 0.3) is 11.3 Å². The number of carbonyl (C=O) groups excluding carboxylic acids is 2. The fourth-order valence-electron chi connectivity index (χ4n) is 2.62. The Hall–Kier alpha value is -3.23. The second kappa shape index (κ2) is 6.25. The first-order valence-electron chi connectivity index (χ1n) is 7.95. The van der Waals surface area contributed by atoms with Crippen LogP contribution in [0.3, 0.4) is 0 Å². The van der Waals surface area contributed by atoms with Gasteiger partial charge in [-0.1, -0.05) is 17.3 Å². The zero-order valence-electron chi connectivity index (χ0n) is 14.5. The molecule has 0 spiro atoms. The number of rotatable bonds is 2. The smallest absolute Gasteiger partial charge is 0.417 e. The molecule has 1 aliphatic heterocycles. The number of hydrogen-bond acceptors (Lipinski definition) is 7. The van der Waals surface area contributed by atoms with Crippen molar-refractivity contribution in [2.24, 2.45) is 0 Å². The molecule has 0 atom stereocenters. The fraction of sp³-hybridized carbons (Fsp3) is 0.353. The van der Waals surface area contributed by atoms with Crippen molar-refractivity contribution in [2.45, 2.75) is 32.8 Å². The number of benzene rings is 1. The van der Waals surface area contributed by atoms with E-state index in [9.17, 15) is 19.7 Å². The maximum atomic E-state index is 12.8. The van der Waals surface area contributed by atoms with Crippen LogP contribution < -0.4 is 0 Å². The van der Waals surface area contributed by atoms with E-state index in [0.29, 0.717) is 17.7 Å². The Morgan fingerprint density at radius 1 is 1.38 bits per heavy atom. The highest BCUT2D eigenvalue weighted by Gasteiger charge is 2.37. The lowest BCUT2D eigenvalue weighted by Crippen LogP contribution is -2.44. The summed E-state index contributed by atoms with van der Waals surface area (Å²) in [4.78, 5) is 36.5. The SMILES string of the molecule is CC(C)(C)OC(=O)N1CCc2onc(-c3cccc([N+](=O)[O-])c3)c2C1=O. The Morgan fingerprint density at radius 2 is 2.12 bits per heavy atom. The number of nitrogens with zero attached hydrogens (tertiary/aromatic N) is 3. The molecule has 0 radical (unpaired) electrons. The standard InChI is InChI=1S/C17H17N3O6/c1-17(2,3)25-16(22)19-8-7-12-13(15(19)21)14(18-26-12)10-5-4-6-11(9-10)20(23)24/h4-6,9H,7-8H2,1-3H3. The van der Waals surface area contributed by atoms with Crippen molar-refractivity contribution in [3.63, 3.8) is 0 Å². The number of ether oxygens (including phenoxy) is 1. The minimum Gasteiger partial charge on any atom is -0.443 e. The first-order chi connectivity index (χ1) is 12.2. The van der Waals surface area contributed by atoms with Crippen molar-refractivity contribution < 1.29 is 23.8 Å². The lowest BCUT2D eigenvalue weighted by atomic mass is 10.0. The van der Waals surface area contributed by atoms with Crippen molar-refractivity contribution in [3.05, 3.63) is 45.7 Å². The second-order valence-electron chi connectivity index (χ2n) is 6.82. The number of hydrogen-bond donors (Lipinski definition) is 0. The van der Waals surface area contributed by atoms with Crippen LogP contribution >= 0.6 is 0 Å². The summed E-state index contributed by atoms with van der Waals surface area (Å²) in [5.41, 5.74) is -0.213. The molecule has 1 aromatic heterocycles. The van der Waals surface area contributed by atoms with Gasteiger partial charge in [0.1, 0.15) is 16.9 Å². The van der Waals surface area contributed by atoms with Gasteiger partial charge in [0, 0.05) is 30.7 Å². The molecule has 2 aromatic rings. The minimum absolute atomic E-state index is 0.115. The van der Waals surface area contributed by atoms with Gasteiger partial charge in [0.15, 0.2) is 5.76 Å². The van der Waals surface area contributed by atoms with Crippen LogP contribution in [0.15, 0.2) is 28.8 Å². The number of amides is 2. The van der Waals surface area contributed by atoms with Crippen molar-refractivity contribution in [1.82, 2.24) is 10.1 Å². The molecule has 136 valence electrons. The van der Waals surface area contributed by atoms with Gasteiger partial charge in [-0.05, 0) is 20.8 Å². The Labute approximate surface area is 148 Å². The van der Waals surface area contributed by atoms with Gasteiger partial charge >= 0.3 is 6.09 Å². The number of imide groups is 1. The molecule has 0 N–H and O–H groups in total. The topological polar surface area (TPSA) is 116 Å². The number of fused-ring (bicyclic) bond motifs is 1. The molecule has 9 heteroatoms. The highest BCUT2D eigenvalue weighted by atomic mass is 16.6. The molecule has 0 saturated carbocycles. The molecule has 0 fully saturated rings. The first kappa shape index (κ1) is 17.6. The van der Waals surface area contributed by atoms with E-state index < -0.39 is 22.5 Å². The van der Waals surface area contributed by atoms with Crippen LogP contribution in [-0.2, 0) is 11.2 Å². The largest absolute Gasteiger partial charge is 0.443 e. The molecule has 2 heterocycles. The number of aromatic nitrogens is 1. The molecular weight excluding hydrogens is 342 g/mol. The molecule has 26 heavy (non-hydrogen) atoms. The van der Waals surface area contributed by atoms with Gasteiger partial charge in [0.2, 0.25) is 0 Å². The van der Waals surface area contributed by atoms with Crippen LogP contribution in [-0.4, -0.2) is 39.1 Å². The summed E-state index contributed by atoms with van der Waals surface area (Å²) in [6.07, 6.45) is -0.457. The molecule has 2 amide bonds. The Balaban J connectivity index is 1.97. The Morgan fingerprint density at radius 3 is 2.77 bits per heavy atom. The van der Waals surface area contributed by atoms with Gasteiger partial charge in [-0.25, -0.2) is 9.69 Å². The number of nitro benzene ring substituents is 1. The molecule has 0 bridgehead atoms. The molecule has 1 aromatic carbocycles. The molecular formula is C17H17N3O6. The fourth-order valence-corrected chi connectivity index (χ4v) is 2.62. The summed E-state index contributed by atoms with van der Waals surface area (Å²) in [5, 5.41) is 14.9. The van der Waals surface area contributed by atoms with Crippen LogP contribution in [0.2, 0.25) is 0 Å². The van der Waals surface area contributed by atoms with Crippen molar-refractivity contribution >= 4 is 17.7 Å². The van der Waals surface area contributed by atoms with E-state index in [4.69, 9.17) is 9.26 Å². The Kier molecular flexibility index (Phi) is 4.23. The normalized spacial score (nSPS) is 14.1.